The molecule has 118 valence electrons. The van der Waals surface area contributed by atoms with Crippen molar-refractivity contribution in [2.24, 2.45) is 10.2 Å². The number of carbonyl (C=O) groups is 2. The monoisotopic (exact) mass is 309 g/mol. The zero-order chi connectivity index (χ0) is 16.8. The highest BCUT2D eigenvalue weighted by molar-refractivity contribution is 6.06. The summed E-state index contributed by atoms with van der Waals surface area (Å²) >= 11 is 0. The van der Waals surface area contributed by atoms with Crippen molar-refractivity contribution in [3.8, 4) is 0 Å². The van der Waals surface area contributed by atoms with Gasteiger partial charge in [-0.05, 0) is 24.6 Å². The molecule has 0 aromatic heterocycles. The summed E-state index contributed by atoms with van der Waals surface area (Å²) < 4.78 is 0. The Hall–Kier alpha value is -2.82. The summed E-state index contributed by atoms with van der Waals surface area (Å²) in [6.45, 7) is 5.48. The van der Waals surface area contributed by atoms with Crippen molar-refractivity contribution in [2.45, 2.75) is 19.3 Å². The molecule has 0 spiro atoms. The normalized spacial score (nSPS) is 19.3. The van der Waals surface area contributed by atoms with Crippen LogP contribution in [-0.4, -0.2) is 23.8 Å². The number of azo groups is 1. The van der Waals surface area contributed by atoms with E-state index < -0.39 is 5.92 Å². The number of likely N-dealkylation sites (tertiary alicyclic amines) is 1. The molecule has 0 bridgehead atoms. The van der Waals surface area contributed by atoms with E-state index in [0.29, 0.717) is 11.4 Å². The molecule has 1 aliphatic heterocycles. The van der Waals surface area contributed by atoms with Gasteiger partial charge in [0.05, 0.1) is 17.3 Å². The van der Waals surface area contributed by atoms with E-state index in [2.05, 4.69) is 16.8 Å². The Morgan fingerprint density at radius 2 is 2.09 bits per heavy atom. The molecule has 1 heterocycles. The van der Waals surface area contributed by atoms with Gasteiger partial charge in [-0.3, -0.25) is 14.5 Å². The fourth-order valence-corrected chi connectivity index (χ4v) is 2.34. The predicted molar refractivity (Wildman–Crippen MR) is 89.2 cm³/mol. The largest absolute Gasteiger partial charge is 0.285 e. The van der Waals surface area contributed by atoms with Gasteiger partial charge in [-0.2, -0.15) is 10.2 Å². The first-order valence-electron chi connectivity index (χ1n) is 7.35. The Morgan fingerprint density at radius 3 is 2.70 bits per heavy atom. The number of hydrogen-bond acceptors (Lipinski definition) is 4. The summed E-state index contributed by atoms with van der Waals surface area (Å²) in [4.78, 5) is 25.1. The second-order valence-electron chi connectivity index (χ2n) is 5.11. The van der Waals surface area contributed by atoms with Crippen molar-refractivity contribution in [2.75, 3.05) is 7.05 Å². The van der Waals surface area contributed by atoms with Gasteiger partial charge in [-0.1, -0.05) is 43.0 Å². The summed E-state index contributed by atoms with van der Waals surface area (Å²) in [6.07, 6.45) is 7.22. The molecule has 1 fully saturated rings. The van der Waals surface area contributed by atoms with Gasteiger partial charge in [-0.15, -0.1) is 0 Å². The molecule has 1 saturated heterocycles. The van der Waals surface area contributed by atoms with Crippen LogP contribution in [-0.2, 0) is 9.59 Å². The van der Waals surface area contributed by atoms with Gasteiger partial charge in [0.25, 0.3) is 0 Å². The number of rotatable bonds is 5. The van der Waals surface area contributed by atoms with Gasteiger partial charge < -0.3 is 0 Å². The SMILES string of the molecule is C=C\C=C/C(=C\C)/N=N/c1ccccc1C1CC(=O)N(C)C1=O. The third-order valence-corrected chi connectivity index (χ3v) is 3.67. The molecular weight excluding hydrogens is 290 g/mol. The van der Waals surface area contributed by atoms with E-state index >= 15 is 0 Å². The minimum Gasteiger partial charge on any atom is -0.285 e. The average molecular weight is 309 g/mol. The number of carbonyl (C=O) groups excluding carboxylic acids is 2. The molecule has 5 heteroatoms. The average Bonchev–Trinajstić information content (AvgIpc) is 2.83. The van der Waals surface area contributed by atoms with Gasteiger partial charge in [0, 0.05) is 13.5 Å². The first-order chi connectivity index (χ1) is 11.1. The van der Waals surface area contributed by atoms with Crippen LogP contribution in [0, 0.1) is 0 Å². The van der Waals surface area contributed by atoms with E-state index in [1.807, 2.05) is 31.2 Å². The second kappa shape index (κ2) is 7.45. The molecule has 5 nitrogen and oxygen atoms in total. The smallest absolute Gasteiger partial charge is 0.237 e. The fourth-order valence-electron chi connectivity index (χ4n) is 2.34. The van der Waals surface area contributed by atoms with E-state index in [-0.39, 0.29) is 18.2 Å². The van der Waals surface area contributed by atoms with Crippen molar-refractivity contribution in [3.63, 3.8) is 0 Å². The van der Waals surface area contributed by atoms with Gasteiger partial charge in [0.15, 0.2) is 0 Å². The van der Waals surface area contributed by atoms with Crippen LogP contribution in [0.2, 0.25) is 0 Å². The maximum Gasteiger partial charge on any atom is 0.237 e. The standard InChI is InChI=1S/C18H19N3O2/c1-4-6-9-13(5-2)19-20-16-11-8-7-10-14(16)15-12-17(22)21(3)18(15)23/h4-11,15H,1,12H2,2-3H3/b9-6-,13-5+,20-19+. The van der Waals surface area contributed by atoms with Crippen LogP contribution in [0.1, 0.15) is 24.8 Å². The molecule has 1 aromatic carbocycles. The highest BCUT2D eigenvalue weighted by Gasteiger charge is 2.38. The molecule has 2 rings (SSSR count). The molecule has 2 amide bonds. The van der Waals surface area contributed by atoms with E-state index in [4.69, 9.17) is 0 Å². The number of benzene rings is 1. The lowest BCUT2D eigenvalue weighted by Gasteiger charge is -2.11. The Morgan fingerprint density at radius 1 is 1.35 bits per heavy atom. The number of hydrogen-bond donors (Lipinski definition) is 0. The Bertz CT molecular complexity index is 717. The van der Waals surface area contributed by atoms with Crippen LogP contribution in [0.3, 0.4) is 0 Å². The third kappa shape index (κ3) is 3.69. The quantitative estimate of drug-likeness (QED) is 0.470. The lowest BCUT2D eigenvalue weighted by molar-refractivity contribution is -0.137. The van der Waals surface area contributed by atoms with Crippen molar-refractivity contribution in [1.29, 1.82) is 0 Å². The summed E-state index contributed by atoms with van der Waals surface area (Å²) in [6, 6.07) is 7.27. The minimum atomic E-state index is -0.486. The highest BCUT2D eigenvalue weighted by atomic mass is 16.2. The van der Waals surface area contributed by atoms with Crippen LogP contribution >= 0.6 is 0 Å². The van der Waals surface area contributed by atoms with Gasteiger partial charge >= 0.3 is 0 Å². The summed E-state index contributed by atoms with van der Waals surface area (Å²) in [7, 11) is 1.51. The van der Waals surface area contributed by atoms with Crippen molar-refractivity contribution >= 4 is 17.5 Å². The van der Waals surface area contributed by atoms with Crippen molar-refractivity contribution in [1.82, 2.24) is 4.90 Å². The van der Waals surface area contributed by atoms with E-state index in [1.54, 1.807) is 24.3 Å². The number of nitrogens with zero attached hydrogens (tertiary/aromatic N) is 3. The molecule has 1 atom stereocenters. The number of amides is 2. The molecule has 1 unspecified atom stereocenters. The van der Waals surface area contributed by atoms with Crippen LogP contribution in [0.15, 0.2) is 71.1 Å². The van der Waals surface area contributed by atoms with Gasteiger partial charge in [0.1, 0.15) is 0 Å². The minimum absolute atomic E-state index is 0.171. The van der Waals surface area contributed by atoms with E-state index in [1.165, 1.54) is 11.9 Å². The zero-order valence-electron chi connectivity index (χ0n) is 13.3. The molecular formula is C18H19N3O2. The van der Waals surface area contributed by atoms with Crippen LogP contribution < -0.4 is 0 Å². The van der Waals surface area contributed by atoms with Crippen LogP contribution in [0.5, 0.6) is 0 Å². The third-order valence-electron chi connectivity index (χ3n) is 3.67. The Balaban J connectivity index is 2.32. The lowest BCUT2D eigenvalue weighted by Crippen LogP contribution is -2.25. The number of allylic oxidation sites excluding steroid dienone is 4. The van der Waals surface area contributed by atoms with Gasteiger partial charge in [0.2, 0.25) is 11.8 Å². The molecule has 0 N–H and O–H groups in total. The first kappa shape index (κ1) is 16.5. The lowest BCUT2D eigenvalue weighted by atomic mass is 9.96. The van der Waals surface area contributed by atoms with Crippen molar-refractivity contribution in [3.05, 3.63) is 66.4 Å². The first-order valence-corrected chi connectivity index (χ1v) is 7.35. The highest BCUT2D eigenvalue weighted by Crippen LogP contribution is 2.35. The van der Waals surface area contributed by atoms with Crippen LogP contribution in [0.4, 0.5) is 5.69 Å². The maximum atomic E-state index is 12.2. The summed E-state index contributed by atoms with van der Waals surface area (Å²) in [5, 5.41) is 8.44. The maximum absolute atomic E-state index is 12.2. The van der Waals surface area contributed by atoms with Crippen molar-refractivity contribution < 1.29 is 9.59 Å². The Labute approximate surface area is 135 Å². The topological polar surface area (TPSA) is 62.1 Å². The fraction of sp³-hybridized carbons (Fsp3) is 0.222. The molecule has 1 aromatic rings. The zero-order valence-corrected chi connectivity index (χ0v) is 13.3. The Kier molecular flexibility index (Phi) is 5.36. The second-order valence-corrected chi connectivity index (χ2v) is 5.11. The molecule has 1 aliphatic rings. The molecule has 23 heavy (non-hydrogen) atoms. The van der Waals surface area contributed by atoms with Crippen LogP contribution in [0.25, 0.3) is 0 Å². The van der Waals surface area contributed by atoms with Gasteiger partial charge in [-0.25, -0.2) is 0 Å². The van der Waals surface area contributed by atoms with E-state index in [0.717, 1.165) is 5.56 Å². The number of likely N-dealkylation sites (N-methyl/N-ethyl adjacent to an activating group) is 1. The summed E-state index contributed by atoms with van der Waals surface area (Å²) in [5.74, 6) is -0.856. The number of imide groups is 1. The molecule has 0 aliphatic carbocycles. The summed E-state index contributed by atoms with van der Waals surface area (Å²) in [5.41, 5.74) is 2.01. The molecule has 0 radical (unpaired) electrons. The van der Waals surface area contributed by atoms with E-state index in [9.17, 15) is 9.59 Å². The molecule has 0 saturated carbocycles. The predicted octanol–water partition coefficient (Wildman–Crippen LogP) is 3.89.